The van der Waals surface area contributed by atoms with E-state index >= 15 is 0 Å². The summed E-state index contributed by atoms with van der Waals surface area (Å²) in [6.45, 7) is 2.71. The molecule has 0 bridgehead atoms. The lowest BCUT2D eigenvalue weighted by Gasteiger charge is -2.11. The van der Waals surface area contributed by atoms with Crippen molar-refractivity contribution in [2.75, 3.05) is 11.9 Å². The summed E-state index contributed by atoms with van der Waals surface area (Å²) in [5.41, 5.74) is 1.72. The van der Waals surface area contributed by atoms with Gasteiger partial charge in [-0.25, -0.2) is 4.98 Å². The smallest absolute Gasteiger partial charge is 0.303 e. The van der Waals surface area contributed by atoms with Gasteiger partial charge in [-0.2, -0.15) is 0 Å². The molecule has 0 spiro atoms. The van der Waals surface area contributed by atoms with E-state index in [0.29, 0.717) is 13.0 Å². The van der Waals surface area contributed by atoms with E-state index in [1.165, 1.54) is 0 Å². The Morgan fingerprint density at radius 2 is 2.11 bits per heavy atom. The average Bonchev–Trinajstić information content (AvgIpc) is 2.42. The molecule has 0 saturated heterocycles. The highest BCUT2D eigenvalue weighted by atomic mass is 16.4. The van der Waals surface area contributed by atoms with Crippen LogP contribution in [0.25, 0.3) is 11.0 Å². The number of fused-ring (bicyclic) bond motifs is 1. The number of rotatable bonds is 6. The zero-order valence-electron chi connectivity index (χ0n) is 10.8. The SMILES string of the molecule is CC(CCC(=O)O)CNc1cnc2ccccc2n1. The lowest BCUT2D eigenvalue weighted by molar-refractivity contribution is -0.137. The second-order valence-corrected chi connectivity index (χ2v) is 4.66. The molecule has 0 aliphatic carbocycles. The van der Waals surface area contributed by atoms with Gasteiger partial charge < -0.3 is 10.4 Å². The molecule has 0 aliphatic heterocycles. The number of hydrogen-bond donors (Lipinski definition) is 2. The number of carboxylic acids is 1. The van der Waals surface area contributed by atoms with Crippen molar-refractivity contribution in [3.05, 3.63) is 30.5 Å². The van der Waals surface area contributed by atoms with E-state index < -0.39 is 5.97 Å². The van der Waals surface area contributed by atoms with Crippen LogP contribution in [0.2, 0.25) is 0 Å². The third-order valence-corrected chi connectivity index (χ3v) is 2.93. The van der Waals surface area contributed by atoms with E-state index in [1.54, 1.807) is 6.20 Å². The molecule has 5 nitrogen and oxygen atoms in total. The molecule has 0 aliphatic rings. The first-order chi connectivity index (χ1) is 9.15. The van der Waals surface area contributed by atoms with Crippen LogP contribution in [0.3, 0.4) is 0 Å². The topological polar surface area (TPSA) is 75.1 Å². The Balaban J connectivity index is 1.92. The highest BCUT2D eigenvalue weighted by Gasteiger charge is 2.06. The van der Waals surface area contributed by atoms with Crippen LogP contribution < -0.4 is 5.32 Å². The predicted octanol–water partition coefficient (Wildman–Crippen LogP) is 2.54. The second kappa shape index (κ2) is 6.13. The Kier molecular flexibility index (Phi) is 4.28. The molecule has 19 heavy (non-hydrogen) atoms. The molecule has 1 atom stereocenters. The number of carboxylic acid groups (broad SMARTS) is 1. The normalized spacial score (nSPS) is 12.3. The number of nitrogens with one attached hydrogen (secondary N) is 1. The molecule has 0 fully saturated rings. The van der Waals surface area contributed by atoms with Crippen LogP contribution in [-0.2, 0) is 4.79 Å². The zero-order chi connectivity index (χ0) is 13.7. The fraction of sp³-hybridized carbons (Fsp3) is 0.357. The van der Waals surface area contributed by atoms with Crippen molar-refractivity contribution in [3.8, 4) is 0 Å². The highest BCUT2D eigenvalue weighted by Crippen LogP contribution is 2.12. The van der Waals surface area contributed by atoms with E-state index in [2.05, 4.69) is 15.3 Å². The molecule has 0 amide bonds. The van der Waals surface area contributed by atoms with Gasteiger partial charge in [0, 0.05) is 13.0 Å². The van der Waals surface area contributed by atoms with Crippen molar-refractivity contribution in [3.63, 3.8) is 0 Å². The monoisotopic (exact) mass is 259 g/mol. The summed E-state index contributed by atoms with van der Waals surface area (Å²) in [6.07, 6.45) is 2.56. The number of nitrogens with zero attached hydrogens (tertiary/aromatic N) is 2. The van der Waals surface area contributed by atoms with Crippen LogP contribution in [0.1, 0.15) is 19.8 Å². The maximum atomic E-state index is 10.5. The molecule has 1 heterocycles. The van der Waals surface area contributed by atoms with Crippen molar-refractivity contribution in [2.45, 2.75) is 19.8 Å². The molecule has 2 aromatic rings. The lowest BCUT2D eigenvalue weighted by Crippen LogP contribution is -2.13. The molecular weight excluding hydrogens is 242 g/mol. The van der Waals surface area contributed by atoms with Gasteiger partial charge >= 0.3 is 5.97 Å². The second-order valence-electron chi connectivity index (χ2n) is 4.66. The van der Waals surface area contributed by atoms with Crippen LogP contribution >= 0.6 is 0 Å². The quantitative estimate of drug-likeness (QED) is 0.833. The standard InChI is InChI=1S/C14H17N3O2/c1-10(6-7-14(18)19)8-16-13-9-15-11-4-2-3-5-12(11)17-13/h2-5,9-10H,6-8H2,1H3,(H,16,17)(H,18,19). The minimum Gasteiger partial charge on any atom is -0.481 e. The number of para-hydroxylation sites is 2. The summed E-state index contributed by atoms with van der Waals surface area (Å²) in [4.78, 5) is 19.2. The van der Waals surface area contributed by atoms with Crippen LogP contribution in [-0.4, -0.2) is 27.6 Å². The summed E-state index contributed by atoms with van der Waals surface area (Å²) >= 11 is 0. The molecule has 1 aromatic heterocycles. The summed E-state index contributed by atoms with van der Waals surface area (Å²) < 4.78 is 0. The van der Waals surface area contributed by atoms with Gasteiger partial charge in [-0.15, -0.1) is 0 Å². The van der Waals surface area contributed by atoms with Gasteiger partial charge in [-0.05, 0) is 24.5 Å². The van der Waals surface area contributed by atoms with Crippen LogP contribution in [0, 0.1) is 5.92 Å². The third-order valence-electron chi connectivity index (χ3n) is 2.93. The molecule has 100 valence electrons. The largest absolute Gasteiger partial charge is 0.481 e. The summed E-state index contributed by atoms with van der Waals surface area (Å²) in [5.74, 6) is 0.252. The number of aliphatic carboxylic acids is 1. The van der Waals surface area contributed by atoms with Crippen molar-refractivity contribution in [1.82, 2.24) is 9.97 Å². The molecule has 2 N–H and O–H groups in total. The summed E-state index contributed by atoms with van der Waals surface area (Å²) in [7, 11) is 0. The number of benzene rings is 1. The van der Waals surface area contributed by atoms with Gasteiger partial charge in [-0.1, -0.05) is 19.1 Å². The summed E-state index contributed by atoms with van der Waals surface area (Å²) in [6, 6.07) is 7.69. The molecule has 0 radical (unpaired) electrons. The first-order valence-corrected chi connectivity index (χ1v) is 6.32. The first-order valence-electron chi connectivity index (χ1n) is 6.32. The molecule has 1 aromatic carbocycles. The van der Waals surface area contributed by atoms with Gasteiger partial charge in [0.05, 0.1) is 17.2 Å². The fourth-order valence-corrected chi connectivity index (χ4v) is 1.79. The van der Waals surface area contributed by atoms with E-state index in [9.17, 15) is 4.79 Å². The Labute approximate surface area is 111 Å². The number of aromatic nitrogens is 2. The number of anilines is 1. The third kappa shape index (κ3) is 3.91. The van der Waals surface area contributed by atoms with E-state index in [4.69, 9.17) is 5.11 Å². The van der Waals surface area contributed by atoms with Gasteiger partial charge in [0.2, 0.25) is 0 Å². The van der Waals surface area contributed by atoms with Crippen molar-refractivity contribution in [2.24, 2.45) is 5.92 Å². The Morgan fingerprint density at radius 1 is 1.37 bits per heavy atom. The first kappa shape index (κ1) is 13.3. The van der Waals surface area contributed by atoms with Crippen molar-refractivity contribution in [1.29, 1.82) is 0 Å². The van der Waals surface area contributed by atoms with Gasteiger partial charge in [0.1, 0.15) is 5.82 Å². The van der Waals surface area contributed by atoms with Gasteiger partial charge in [0.25, 0.3) is 0 Å². The van der Waals surface area contributed by atoms with Crippen molar-refractivity contribution < 1.29 is 9.90 Å². The maximum Gasteiger partial charge on any atom is 0.303 e. The highest BCUT2D eigenvalue weighted by molar-refractivity contribution is 5.75. The van der Waals surface area contributed by atoms with Crippen LogP contribution in [0.15, 0.2) is 30.5 Å². The minimum absolute atomic E-state index is 0.201. The Bertz CT molecular complexity index is 571. The molecule has 1 unspecified atom stereocenters. The molecule has 0 saturated carbocycles. The molecular formula is C14H17N3O2. The van der Waals surface area contributed by atoms with Gasteiger partial charge in [-0.3, -0.25) is 9.78 Å². The van der Waals surface area contributed by atoms with E-state index in [-0.39, 0.29) is 12.3 Å². The Morgan fingerprint density at radius 3 is 2.84 bits per heavy atom. The summed E-state index contributed by atoms with van der Waals surface area (Å²) in [5, 5.41) is 11.8. The predicted molar refractivity (Wildman–Crippen MR) is 74.1 cm³/mol. The van der Waals surface area contributed by atoms with Crippen molar-refractivity contribution >= 4 is 22.8 Å². The lowest BCUT2D eigenvalue weighted by atomic mass is 10.1. The van der Waals surface area contributed by atoms with E-state index in [1.807, 2.05) is 31.2 Å². The maximum absolute atomic E-state index is 10.5. The Hall–Kier alpha value is -2.17. The number of hydrogen-bond acceptors (Lipinski definition) is 4. The molecule has 5 heteroatoms. The van der Waals surface area contributed by atoms with Crippen LogP contribution in [0.4, 0.5) is 5.82 Å². The van der Waals surface area contributed by atoms with Gasteiger partial charge in [0.15, 0.2) is 0 Å². The molecule has 2 rings (SSSR count). The minimum atomic E-state index is -0.752. The van der Waals surface area contributed by atoms with Crippen LogP contribution in [0.5, 0.6) is 0 Å². The number of carbonyl (C=O) groups is 1. The van der Waals surface area contributed by atoms with E-state index in [0.717, 1.165) is 16.9 Å². The fourth-order valence-electron chi connectivity index (χ4n) is 1.79. The average molecular weight is 259 g/mol. The zero-order valence-corrected chi connectivity index (χ0v) is 10.8.